The van der Waals surface area contributed by atoms with E-state index in [1.807, 2.05) is 6.92 Å². The molecule has 1 aromatic carbocycles. The van der Waals surface area contributed by atoms with Crippen LogP contribution in [0, 0.1) is 6.92 Å². The van der Waals surface area contributed by atoms with Crippen LogP contribution >= 0.6 is 11.3 Å². The van der Waals surface area contributed by atoms with Crippen molar-refractivity contribution in [2.75, 3.05) is 26.1 Å². The molecule has 11 heteroatoms. The molecule has 2 amide bonds. The lowest BCUT2D eigenvalue weighted by molar-refractivity contribution is -0.124. The molecule has 2 N–H and O–H groups in total. The van der Waals surface area contributed by atoms with Crippen LogP contribution in [0.1, 0.15) is 5.69 Å². The highest BCUT2D eigenvalue weighted by molar-refractivity contribution is 7.13. The van der Waals surface area contributed by atoms with Gasteiger partial charge in [-0.05, 0) is 13.0 Å². The summed E-state index contributed by atoms with van der Waals surface area (Å²) < 4.78 is 11.6. The molecule has 2 heterocycles. The summed E-state index contributed by atoms with van der Waals surface area (Å²) in [7, 11) is 2.95. The summed E-state index contributed by atoms with van der Waals surface area (Å²) in [4.78, 5) is 45.0. The van der Waals surface area contributed by atoms with Crippen molar-refractivity contribution in [3.63, 3.8) is 0 Å². The second-order valence-electron chi connectivity index (χ2n) is 6.02. The molecule has 0 fully saturated rings. The van der Waals surface area contributed by atoms with E-state index in [1.165, 1.54) is 38.0 Å². The van der Waals surface area contributed by atoms with Gasteiger partial charge in [-0.25, -0.2) is 9.97 Å². The number of aryl methyl sites for hydroxylation is 1. The average Bonchev–Trinajstić information content (AvgIpc) is 3.12. The summed E-state index contributed by atoms with van der Waals surface area (Å²) in [5, 5.41) is 7.61. The molecular weight excluding hydrogens is 398 g/mol. The van der Waals surface area contributed by atoms with Crippen LogP contribution in [0.25, 0.3) is 10.9 Å². The number of hydrogen-bond acceptors (Lipinski definition) is 8. The fourth-order valence-electron chi connectivity index (χ4n) is 2.56. The summed E-state index contributed by atoms with van der Waals surface area (Å²) in [5.74, 6) is -0.0771. The number of methoxy groups -OCH3 is 2. The van der Waals surface area contributed by atoms with Gasteiger partial charge in [-0.1, -0.05) is 0 Å². The third kappa shape index (κ3) is 4.69. The lowest BCUT2D eigenvalue weighted by Crippen LogP contribution is -2.37. The van der Waals surface area contributed by atoms with Gasteiger partial charge in [0.1, 0.15) is 6.54 Å². The number of hydrogen-bond donors (Lipinski definition) is 2. The van der Waals surface area contributed by atoms with E-state index in [-0.39, 0.29) is 18.5 Å². The first kappa shape index (κ1) is 20.3. The fraction of sp³-hybridized carbons (Fsp3) is 0.278. The number of ether oxygens (including phenoxy) is 2. The molecule has 3 rings (SSSR count). The van der Waals surface area contributed by atoms with Crippen molar-refractivity contribution in [1.82, 2.24) is 19.9 Å². The Morgan fingerprint density at radius 1 is 1.17 bits per heavy atom. The van der Waals surface area contributed by atoms with Gasteiger partial charge in [0, 0.05) is 11.4 Å². The number of aromatic nitrogens is 3. The van der Waals surface area contributed by atoms with Crippen LogP contribution in [-0.4, -0.2) is 47.1 Å². The van der Waals surface area contributed by atoms with Gasteiger partial charge in [-0.3, -0.25) is 19.0 Å². The van der Waals surface area contributed by atoms with Crippen molar-refractivity contribution in [2.45, 2.75) is 13.5 Å². The number of amides is 2. The van der Waals surface area contributed by atoms with E-state index in [2.05, 4.69) is 20.6 Å². The maximum atomic E-state index is 12.7. The normalized spacial score (nSPS) is 10.6. The van der Waals surface area contributed by atoms with Crippen LogP contribution in [0.3, 0.4) is 0 Å². The predicted octanol–water partition coefficient (Wildman–Crippen LogP) is 0.934. The van der Waals surface area contributed by atoms with E-state index in [9.17, 15) is 14.4 Å². The Hall–Kier alpha value is -3.47. The molecule has 0 saturated carbocycles. The summed E-state index contributed by atoms with van der Waals surface area (Å²) in [6, 6.07) is 3.10. The minimum absolute atomic E-state index is 0.238. The van der Waals surface area contributed by atoms with Crippen LogP contribution in [0.5, 0.6) is 11.5 Å². The Morgan fingerprint density at radius 3 is 2.55 bits per heavy atom. The predicted molar refractivity (Wildman–Crippen MR) is 108 cm³/mol. The van der Waals surface area contributed by atoms with Crippen molar-refractivity contribution in [2.24, 2.45) is 0 Å². The van der Waals surface area contributed by atoms with E-state index in [1.54, 1.807) is 11.4 Å². The second kappa shape index (κ2) is 8.69. The van der Waals surface area contributed by atoms with Crippen LogP contribution in [0.15, 0.2) is 28.6 Å². The van der Waals surface area contributed by atoms with Gasteiger partial charge >= 0.3 is 0 Å². The standard InChI is InChI=1S/C18H19N5O5S/c1-10-8-29-18(21-10)22-15(24)6-19-16(25)7-23-9-20-12-5-14(28-3)13(27-2)4-11(12)17(23)26/h4-5,8-9H,6-7H2,1-3H3,(H,19,25)(H,21,22,24). The van der Waals surface area contributed by atoms with Crippen LogP contribution in [0.4, 0.5) is 5.13 Å². The molecule has 2 aromatic heterocycles. The number of benzene rings is 1. The van der Waals surface area contributed by atoms with E-state index >= 15 is 0 Å². The summed E-state index contributed by atoms with van der Waals surface area (Å²) in [6.45, 7) is 1.30. The highest BCUT2D eigenvalue weighted by atomic mass is 32.1. The summed E-state index contributed by atoms with van der Waals surface area (Å²) >= 11 is 1.29. The molecular formula is C18H19N5O5S. The first-order valence-electron chi connectivity index (χ1n) is 8.51. The van der Waals surface area contributed by atoms with Gasteiger partial charge in [0.15, 0.2) is 16.6 Å². The highest BCUT2D eigenvalue weighted by Gasteiger charge is 2.13. The number of thiazole rings is 1. The Morgan fingerprint density at radius 2 is 1.90 bits per heavy atom. The van der Waals surface area contributed by atoms with Crippen molar-refractivity contribution in [3.05, 3.63) is 39.9 Å². The SMILES string of the molecule is COc1cc2ncn(CC(=O)NCC(=O)Nc3nc(C)cs3)c(=O)c2cc1OC. The lowest BCUT2D eigenvalue weighted by atomic mass is 10.2. The van der Waals surface area contributed by atoms with E-state index in [0.29, 0.717) is 22.1 Å². The van der Waals surface area contributed by atoms with Crippen molar-refractivity contribution < 1.29 is 19.1 Å². The van der Waals surface area contributed by atoms with Gasteiger partial charge in [-0.15, -0.1) is 11.3 Å². The third-order valence-corrected chi connectivity index (χ3v) is 4.83. The molecule has 0 atom stereocenters. The van der Waals surface area contributed by atoms with Gasteiger partial charge in [0.25, 0.3) is 5.56 Å². The molecule has 152 valence electrons. The molecule has 29 heavy (non-hydrogen) atoms. The highest BCUT2D eigenvalue weighted by Crippen LogP contribution is 2.29. The number of carbonyl (C=O) groups excluding carboxylic acids is 2. The molecule has 0 radical (unpaired) electrons. The molecule has 0 saturated heterocycles. The number of anilines is 1. The Kier molecular flexibility index (Phi) is 6.07. The first-order valence-corrected chi connectivity index (χ1v) is 9.39. The lowest BCUT2D eigenvalue weighted by Gasteiger charge is -2.10. The Balaban J connectivity index is 1.67. The largest absolute Gasteiger partial charge is 0.493 e. The van der Waals surface area contributed by atoms with Gasteiger partial charge < -0.3 is 20.1 Å². The minimum Gasteiger partial charge on any atom is -0.493 e. The maximum Gasteiger partial charge on any atom is 0.261 e. The summed E-state index contributed by atoms with van der Waals surface area (Å²) in [6.07, 6.45) is 1.27. The molecule has 3 aromatic rings. The topological polar surface area (TPSA) is 124 Å². The molecule has 0 spiro atoms. The molecule has 0 aliphatic heterocycles. The number of fused-ring (bicyclic) bond motifs is 1. The van der Waals surface area contributed by atoms with Crippen LogP contribution in [0.2, 0.25) is 0 Å². The molecule has 0 bridgehead atoms. The zero-order valence-electron chi connectivity index (χ0n) is 16.0. The van der Waals surface area contributed by atoms with E-state index < -0.39 is 17.4 Å². The zero-order valence-corrected chi connectivity index (χ0v) is 16.8. The summed E-state index contributed by atoms with van der Waals surface area (Å²) in [5.41, 5.74) is 0.808. The van der Waals surface area contributed by atoms with Crippen LogP contribution in [-0.2, 0) is 16.1 Å². The monoisotopic (exact) mass is 417 g/mol. The minimum atomic E-state index is -0.501. The Labute approximate surface area is 169 Å². The van der Waals surface area contributed by atoms with Gasteiger partial charge in [0.05, 0.1) is 43.7 Å². The quantitative estimate of drug-likeness (QED) is 0.586. The van der Waals surface area contributed by atoms with Crippen molar-refractivity contribution in [1.29, 1.82) is 0 Å². The zero-order chi connectivity index (χ0) is 21.0. The van der Waals surface area contributed by atoms with E-state index in [4.69, 9.17) is 9.47 Å². The van der Waals surface area contributed by atoms with E-state index in [0.717, 1.165) is 10.3 Å². The maximum absolute atomic E-state index is 12.7. The van der Waals surface area contributed by atoms with Crippen LogP contribution < -0.4 is 25.7 Å². The second-order valence-corrected chi connectivity index (χ2v) is 6.88. The molecule has 10 nitrogen and oxygen atoms in total. The molecule has 0 aliphatic rings. The molecule has 0 aliphatic carbocycles. The average molecular weight is 417 g/mol. The van der Waals surface area contributed by atoms with Gasteiger partial charge in [-0.2, -0.15) is 0 Å². The number of rotatable bonds is 7. The Bertz CT molecular complexity index is 1120. The van der Waals surface area contributed by atoms with Gasteiger partial charge in [0.2, 0.25) is 11.8 Å². The fourth-order valence-corrected chi connectivity index (χ4v) is 3.27. The first-order chi connectivity index (χ1) is 13.9. The number of nitrogens with one attached hydrogen (secondary N) is 2. The van der Waals surface area contributed by atoms with Crippen molar-refractivity contribution >= 4 is 39.2 Å². The third-order valence-electron chi connectivity index (χ3n) is 3.95. The van der Waals surface area contributed by atoms with Crippen molar-refractivity contribution in [3.8, 4) is 11.5 Å². The molecule has 0 unspecified atom stereocenters. The number of carbonyl (C=O) groups is 2. The number of nitrogens with zero attached hydrogens (tertiary/aromatic N) is 3. The smallest absolute Gasteiger partial charge is 0.261 e.